The molecule has 0 fully saturated rings. The van der Waals surface area contributed by atoms with E-state index in [0.29, 0.717) is 17.1 Å². The molecule has 0 atom stereocenters. The molecule has 0 N–H and O–H groups in total. The van der Waals surface area contributed by atoms with Crippen molar-refractivity contribution in [2.45, 2.75) is 18.7 Å². The molecule has 2 aromatic carbocycles. The Hall–Kier alpha value is -2.00. The molecule has 2 nitrogen and oxygen atoms in total. The number of Topliss-reactive ketones (excluding diaryl/α,β-unsaturated/α-hetero) is 1. The lowest BCUT2D eigenvalue weighted by Gasteiger charge is -2.02. The van der Waals surface area contributed by atoms with Gasteiger partial charge in [-0.2, -0.15) is 0 Å². The number of ether oxygens (including phenoxy) is 1. The van der Waals surface area contributed by atoms with Crippen LogP contribution in [0, 0.1) is 13.8 Å². The van der Waals surface area contributed by atoms with Gasteiger partial charge in [0.05, 0.1) is 5.56 Å². The van der Waals surface area contributed by atoms with Crippen LogP contribution in [-0.2, 0) is 0 Å². The Bertz CT molecular complexity index is 743. The highest BCUT2D eigenvalue weighted by Gasteiger charge is 2.27. The van der Waals surface area contributed by atoms with Crippen molar-refractivity contribution in [1.82, 2.24) is 0 Å². The Morgan fingerprint density at radius 2 is 1.71 bits per heavy atom. The van der Waals surface area contributed by atoms with E-state index in [0.717, 1.165) is 16.7 Å². The average Bonchev–Trinajstić information content (AvgIpc) is 2.77. The predicted molar refractivity (Wildman–Crippen MR) is 87.1 cm³/mol. The normalized spacial score (nSPS) is 15.2. The number of carbonyl (C=O) groups is 1. The van der Waals surface area contributed by atoms with Crippen molar-refractivity contribution in [3.05, 3.63) is 64.4 Å². The van der Waals surface area contributed by atoms with Gasteiger partial charge in [-0.15, -0.1) is 11.8 Å². The van der Waals surface area contributed by atoms with Gasteiger partial charge in [-0.05, 0) is 67.1 Å². The minimum absolute atomic E-state index is 0.0398. The van der Waals surface area contributed by atoms with E-state index in [9.17, 15) is 4.79 Å². The number of hydrogen-bond acceptors (Lipinski definition) is 3. The Kier molecular flexibility index (Phi) is 3.60. The lowest BCUT2D eigenvalue weighted by molar-refractivity contribution is 0.101. The van der Waals surface area contributed by atoms with Gasteiger partial charge in [0, 0.05) is 4.90 Å². The van der Waals surface area contributed by atoms with Crippen molar-refractivity contribution in [2.24, 2.45) is 0 Å². The molecule has 1 heterocycles. The van der Waals surface area contributed by atoms with E-state index in [1.165, 1.54) is 4.90 Å². The molecule has 1 aliphatic rings. The molecule has 1 aliphatic heterocycles. The van der Waals surface area contributed by atoms with E-state index >= 15 is 0 Å². The van der Waals surface area contributed by atoms with E-state index in [2.05, 4.69) is 0 Å². The molecule has 0 bridgehead atoms. The van der Waals surface area contributed by atoms with Gasteiger partial charge in [0.1, 0.15) is 5.75 Å². The van der Waals surface area contributed by atoms with E-state index in [-0.39, 0.29) is 5.78 Å². The first kappa shape index (κ1) is 14.0. The third kappa shape index (κ3) is 2.61. The predicted octanol–water partition coefficient (Wildman–Crippen LogP) is 4.64. The van der Waals surface area contributed by atoms with Crippen molar-refractivity contribution in [3.8, 4) is 5.75 Å². The van der Waals surface area contributed by atoms with Crippen LogP contribution in [0.3, 0.4) is 0 Å². The molecular formula is C18H16O2S. The number of aryl methyl sites for hydroxylation is 2. The van der Waals surface area contributed by atoms with Gasteiger partial charge in [0.25, 0.3) is 0 Å². The van der Waals surface area contributed by atoms with Crippen LogP contribution in [0.2, 0.25) is 0 Å². The van der Waals surface area contributed by atoms with Crippen molar-refractivity contribution in [3.63, 3.8) is 0 Å². The molecule has 0 radical (unpaired) electrons. The van der Waals surface area contributed by atoms with Crippen LogP contribution in [0.4, 0.5) is 0 Å². The van der Waals surface area contributed by atoms with Crippen molar-refractivity contribution in [1.29, 1.82) is 0 Å². The highest BCUT2D eigenvalue weighted by Crippen LogP contribution is 2.34. The number of thioether (sulfide) groups is 1. The fourth-order valence-electron chi connectivity index (χ4n) is 2.30. The van der Waals surface area contributed by atoms with Crippen LogP contribution in [0.5, 0.6) is 5.75 Å². The summed E-state index contributed by atoms with van der Waals surface area (Å²) < 4.78 is 5.72. The molecular weight excluding hydrogens is 280 g/mol. The Morgan fingerprint density at radius 1 is 1.05 bits per heavy atom. The summed E-state index contributed by atoms with van der Waals surface area (Å²) >= 11 is 1.69. The standard InChI is InChI=1S/C18H16O2S/c1-11-8-15-16(9-12(11)2)20-17(18(15)19)10-13-4-6-14(21-3)7-5-13/h4-10H,1-3H3/b17-10-. The minimum Gasteiger partial charge on any atom is -0.452 e. The van der Waals surface area contributed by atoms with Crippen LogP contribution < -0.4 is 4.74 Å². The molecule has 106 valence electrons. The molecule has 21 heavy (non-hydrogen) atoms. The third-order valence-corrected chi connectivity index (χ3v) is 4.44. The van der Waals surface area contributed by atoms with E-state index in [1.54, 1.807) is 17.8 Å². The third-order valence-electron chi connectivity index (χ3n) is 3.70. The maximum Gasteiger partial charge on any atom is 0.231 e. The number of benzene rings is 2. The largest absolute Gasteiger partial charge is 0.452 e. The highest BCUT2D eigenvalue weighted by molar-refractivity contribution is 7.98. The second kappa shape index (κ2) is 5.41. The fourth-order valence-corrected chi connectivity index (χ4v) is 2.70. The van der Waals surface area contributed by atoms with Crippen LogP contribution >= 0.6 is 11.8 Å². The average molecular weight is 296 g/mol. The second-order valence-corrected chi connectivity index (χ2v) is 6.03. The smallest absolute Gasteiger partial charge is 0.231 e. The summed E-state index contributed by atoms with van der Waals surface area (Å²) in [6.45, 7) is 4.03. The lowest BCUT2D eigenvalue weighted by Crippen LogP contribution is -1.98. The maximum absolute atomic E-state index is 12.4. The lowest BCUT2D eigenvalue weighted by atomic mass is 10.0. The maximum atomic E-state index is 12.4. The fraction of sp³-hybridized carbons (Fsp3) is 0.167. The summed E-state index contributed by atoms with van der Waals surface area (Å²) in [5, 5.41) is 0. The van der Waals surface area contributed by atoms with Gasteiger partial charge in [-0.1, -0.05) is 12.1 Å². The molecule has 3 heteroatoms. The highest BCUT2D eigenvalue weighted by atomic mass is 32.2. The van der Waals surface area contributed by atoms with Crippen LogP contribution in [0.15, 0.2) is 47.1 Å². The number of allylic oxidation sites excluding steroid dienone is 1. The van der Waals surface area contributed by atoms with Crippen LogP contribution in [0.25, 0.3) is 6.08 Å². The number of fused-ring (bicyclic) bond motifs is 1. The van der Waals surface area contributed by atoms with Crippen LogP contribution in [-0.4, -0.2) is 12.0 Å². The number of rotatable bonds is 2. The summed E-state index contributed by atoms with van der Waals surface area (Å²) in [6.07, 6.45) is 3.84. The van der Waals surface area contributed by atoms with Gasteiger partial charge in [0.15, 0.2) is 5.76 Å². The minimum atomic E-state index is -0.0398. The van der Waals surface area contributed by atoms with Crippen LogP contribution in [0.1, 0.15) is 27.0 Å². The van der Waals surface area contributed by atoms with Crippen molar-refractivity contribution in [2.75, 3.05) is 6.26 Å². The zero-order valence-corrected chi connectivity index (χ0v) is 13.1. The first-order valence-corrected chi connectivity index (χ1v) is 8.00. The summed E-state index contributed by atoms with van der Waals surface area (Å²) in [6, 6.07) is 11.9. The number of hydrogen-bond donors (Lipinski definition) is 0. The molecule has 2 aromatic rings. The molecule has 0 aliphatic carbocycles. The zero-order chi connectivity index (χ0) is 15.0. The Morgan fingerprint density at radius 3 is 2.38 bits per heavy atom. The summed E-state index contributed by atoms with van der Waals surface area (Å²) in [5.41, 5.74) is 3.87. The van der Waals surface area contributed by atoms with E-state index < -0.39 is 0 Å². The first-order chi connectivity index (χ1) is 10.1. The Balaban J connectivity index is 1.94. The summed E-state index contributed by atoms with van der Waals surface area (Å²) in [7, 11) is 0. The number of ketones is 1. The molecule has 0 amide bonds. The molecule has 0 saturated heterocycles. The molecule has 3 rings (SSSR count). The SMILES string of the molecule is CSc1ccc(/C=C2\Oc3cc(C)c(C)cc3C2=O)cc1. The van der Waals surface area contributed by atoms with Gasteiger partial charge in [-0.25, -0.2) is 0 Å². The van der Waals surface area contributed by atoms with E-state index in [4.69, 9.17) is 4.74 Å². The zero-order valence-electron chi connectivity index (χ0n) is 12.3. The van der Waals surface area contributed by atoms with Gasteiger partial charge in [0.2, 0.25) is 5.78 Å². The van der Waals surface area contributed by atoms with Gasteiger partial charge >= 0.3 is 0 Å². The Labute approximate surface area is 128 Å². The molecule has 0 spiro atoms. The number of carbonyl (C=O) groups excluding carboxylic acids is 1. The van der Waals surface area contributed by atoms with Gasteiger partial charge < -0.3 is 4.74 Å². The molecule has 0 aromatic heterocycles. The molecule has 0 unspecified atom stereocenters. The quantitative estimate of drug-likeness (QED) is 0.596. The summed E-state index contributed by atoms with van der Waals surface area (Å²) in [4.78, 5) is 13.6. The van der Waals surface area contributed by atoms with E-state index in [1.807, 2.05) is 56.5 Å². The monoisotopic (exact) mass is 296 g/mol. The van der Waals surface area contributed by atoms with Crippen molar-refractivity contribution >= 4 is 23.6 Å². The van der Waals surface area contributed by atoms with Gasteiger partial charge in [-0.3, -0.25) is 4.79 Å². The second-order valence-electron chi connectivity index (χ2n) is 5.15. The van der Waals surface area contributed by atoms with Crippen molar-refractivity contribution < 1.29 is 9.53 Å². The molecule has 0 saturated carbocycles. The topological polar surface area (TPSA) is 26.3 Å². The summed E-state index contributed by atoms with van der Waals surface area (Å²) in [5.74, 6) is 1.02. The first-order valence-electron chi connectivity index (χ1n) is 6.78.